The Kier molecular flexibility index (Phi) is 4.23. The molecule has 0 unspecified atom stereocenters. The number of halogens is 3. The Morgan fingerprint density at radius 3 is 2.71 bits per heavy atom. The van der Waals surface area contributed by atoms with Crippen LogP contribution in [0.5, 0.6) is 5.75 Å². The molecule has 0 radical (unpaired) electrons. The predicted octanol–water partition coefficient (Wildman–Crippen LogP) is 4.66. The molecule has 2 aromatic rings. The molecule has 0 saturated carbocycles. The van der Waals surface area contributed by atoms with Crippen LogP contribution in [0.25, 0.3) is 0 Å². The molecule has 0 aliphatic heterocycles. The minimum Gasteiger partial charge on any atom is -0.489 e. The highest BCUT2D eigenvalue weighted by Crippen LogP contribution is 2.19. The molecule has 1 nitrogen and oxygen atoms in total. The summed E-state index contributed by atoms with van der Waals surface area (Å²) in [5, 5.41) is 0.389. The molecular weight excluding hydrogens is 353 g/mol. The minimum atomic E-state index is -0.344. The molecule has 0 aliphatic rings. The fourth-order valence-corrected chi connectivity index (χ4v) is 2.03. The summed E-state index contributed by atoms with van der Waals surface area (Å²) in [5.41, 5.74) is 0.494. The van der Waals surface area contributed by atoms with Gasteiger partial charge in [0.25, 0.3) is 0 Å². The van der Waals surface area contributed by atoms with Crippen LogP contribution in [0.3, 0.4) is 0 Å². The maximum Gasteiger partial charge on any atom is 0.131 e. The lowest BCUT2D eigenvalue weighted by Crippen LogP contribution is -1.98. The summed E-state index contributed by atoms with van der Waals surface area (Å²) < 4.78 is 20.1. The first kappa shape index (κ1) is 12.6. The molecule has 0 aromatic heterocycles. The second-order valence-electron chi connectivity index (χ2n) is 3.48. The van der Waals surface area contributed by atoms with E-state index in [4.69, 9.17) is 16.3 Å². The Hall–Kier alpha value is -0.810. The van der Waals surface area contributed by atoms with Crippen LogP contribution in [0.2, 0.25) is 5.02 Å². The van der Waals surface area contributed by atoms with Crippen molar-refractivity contribution in [2.45, 2.75) is 6.61 Å². The van der Waals surface area contributed by atoms with Crippen LogP contribution in [-0.4, -0.2) is 0 Å². The van der Waals surface area contributed by atoms with Crippen LogP contribution >= 0.6 is 34.2 Å². The van der Waals surface area contributed by atoms with Gasteiger partial charge in [0.15, 0.2) is 0 Å². The van der Waals surface area contributed by atoms with Crippen molar-refractivity contribution in [3.63, 3.8) is 0 Å². The van der Waals surface area contributed by atoms with E-state index in [2.05, 4.69) is 22.6 Å². The highest BCUT2D eigenvalue weighted by Gasteiger charge is 2.04. The summed E-state index contributed by atoms with van der Waals surface area (Å²) in [6.45, 7) is 0.198. The van der Waals surface area contributed by atoms with Crippen LogP contribution in [0.1, 0.15) is 5.56 Å². The van der Waals surface area contributed by atoms with Gasteiger partial charge in [0, 0.05) is 14.2 Å². The highest BCUT2D eigenvalue weighted by molar-refractivity contribution is 14.1. The van der Waals surface area contributed by atoms with Crippen LogP contribution in [0.15, 0.2) is 42.5 Å². The monoisotopic (exact) mass is 362 g/mol. The molecule has 2 rings (SSSR count). The highest BCUT2D eigenvalue weighted by atomic mass is 127. The molecule has 0 bridgehead atoms. The molecule has 4 heteroatoms. The third-order valence-corrected chi connectivity index (χ3v) is 3.11. The second kappa shape index (κ2) is 5.69. The van der Waals surface area contributed by atoms with Gasteiger partial charge in [-0.05, 0) is 52.9 Å². The predicted molar refractivity (Wildman–Crippen MR) is 74.9 cm³/mol. The maximum atomic E-state index is 13.5. The van der Waals surface area contributed by atoms with Crippen LogP contribution in [0.4, 0.5) is 4.39 Å². The van der Waals surface area contributed by atoms with E-state index in [-0.39, 0.29) is 12.4 Å². The summed E-state index contributed by atoms with van der Waals surface area (Å²) in [5.74, 6) is 0.384. The standard InChI is InChI=1S/C13H9ClFIO/c14-10-5-4-9(13(15)6-10)8-17-12-3-1-2-11(16)7-12/h1-7H,8H2. The lowest BCUT2D eigenvalue weighted by Gasteiger charge is -2.07. The van der Waals surface area contributed by atoms with E-state index < -0.39 is 0 Å². The van der Waals surface area contributed by atoms with Gasteiger partial charge in [0.2, 0.25) is 0 Å². The fourth-order valence-electron chi connectivity index (χ4n) is 1.36. The smallest absolute Gasteiger partial charge is 0.131 e. The molecule has 2 aromatic carbocycles. The number of benzene rings is 2. The Bertz CT molecular complexity index is 531. The lowest BCUT2D eigenvalue weighted by molar-refractivity contribution is 0.299. The van der Waals surface area contributed by atoms with Crippen LogP contribution in [0, 0.1) is 9.39 Å². The average Bonchev–Trinajstić information content (AvgIpc) is 2.28. The van der Waals surface area contributed by atoms with Crippen molar-refractivity contribution in [2.75, 3.05) is 0 Å². The lowest BCUT2D eigenvalue weighted by atomic mass is 10.2. The third kappa shape index (κ3) is 3.57. The van der Waals surface area contributed by atoms with Gasteiger partial charge >= 0.3 is 0 Å². The van der Waals surface area contributed by atoms with Crippen molar-refractivity contribution in [2.24, 2.45) is 0 Å². The summed E-state index contributed by atoms with van der Waals surface area (Å²) in [6.07, 6.45) is 0. The van der Waals surface area contributed by atoms with Crippen molar-refractivity contribution in [1.82, 2.24) is 0 Å². The first-order valence-corrected chi connectivity index (χ1v) is 6.43. The molecule has 0 heterocycles. The molecular formula is C13H9ClFIO. The molecule has 0 atom stereocenters. The molecule has 0 amide bonds. The van der Waals surface area contributed by atoms with Gasteiger partial charge in [-0.1, -0.05) is 23.7 Å². The van der Waals surface area contributed by atoms with Crippen molar-refractivity contribution >= 4 is 34.2 Å². The molecule has 17 heavy (non-hydrogen) atoms. The first-order valence-electron chi connectivity index (χ1n) is 4.97. The summed E-state index contributed by atoms with van der Waals surface area (Å²) in [7, 11) is 0. The maximum absolute atomic E-state index is 13.5. The van der Waals surface area contributed by atoms with Crippen molar-refractivity contribution < 1.29 is 9.13 Å². The first-order chi connectivity index (χ1) is 8.15. The molecule has 0 spiro atoms. The molecule has 0 aliphatic carbocycles. The van der Waals surface area contributed by atoms with Crippen LogP contribution < -0.4 is 4.74 Å². The fraction of sp³-hybridized carbons (Fsp3) is 0.0769. The van der Waals surface area contributed by atoms with Gasteiger partial charge in [-0.3, -0.25) is 0 Å². The Morgan fingerprint density at radius 1 is 1.18 bits per heavy atom. The zero-order valence-corrected chi connectivity index (χ0v) is 11.7. The number of hydrogen-bond donors (Lipinski definition) is 0. The Balaban J connectivity index is 2.07. The topological polar surface area (TPSA) is 9.23 Å². The van der Waals surface area contributed by atoms with Gasteiger partial charge in [-0.2, -0.15) is 0 Å². The normalized spacial score (nSPS) is 10.3. The van der Waals surface area contributed by atoms with Crippen molar-refractivity contribution in [3.05, 3.63) is 62.4 Å². The van der Waals surface area contributed by atoms with E-state index in [9.17, 15) is 4.39 Å². The van der Waals surface area contributed by atoms with Gasteiger partial charge in [-0.15, -0.1) is 0 Å². The van der Waals surface area contributed by atoms with Gasteiger partial charge in [0.05, 0.1) is 0 Å². The van der Waals surface area contributed by atoms with Crippen molar-refractivity contribution in [3.8, 4) is 5.75 Å². The summed E-state index contributed by atoms with van der Waals surface area (Å²) in [6, 6.07) is 12.2. The molecule has 88 valence electrons. The van der Waals surface area contributed by atoms with Gasteiger partial charge in [0.1, 0.15) is 18.2 Å². The molecule has 0 N–H and O–H groups in total. The van der Waals surface area contributed by atoms with E-state index in [0.29, 0.717) is 10.6 Å². The zero-order valence-electron chi connectivity index (χ0n) is 8.79. The number of rotatable bonds is 3. The second-order valence-corrected chi connectivity index (χ2v) is 5.16. The largest absolute Gasteiger partial charge is 0.489 e. The molecule has 0 saturated heterocycles. The average molecular weight is 363 g/mol. The third-order valence-electron chi connectivity index (χ3n) is 2.21. The Morgan fingerprint density at radius 2 is 2.00 bits per heavy atom. The SMILES string of the molecule is Fc1cc(Cl)ccc1COc1cccc(I)c1. The molecule has 0 fully saturated rings. The Labute approximate surface area is 118 Å². The van der Waals surface area contributed by atoms with Crippen LogP contribution in [-0.2, 0) is 6.61 Å². The quantitative estimate of drug-likeness (QED) is 0.722. The minimum absolute atomic E-state index is 0.198. The summed E-state index contributed by atoms with van der Waals surface area (Å²) in [4.78, 5) is 0. The number of hydrogen-bond acceptors (Lipinski definition) is 1. The van der Waals surface area contributed by atoms with E-state index in [1.165, 1.54) is 6.07 Å². The van der Waals surface area contributed by atoms with E-state index >= 15 is 0 Å². The number of ether oxygens (including phenoxy) is 1. The summed E-state index contributed by atoms with van der Waals surface area (Å²) >= 11 is 7.87. The van der Waals surface area contributed by atoms with Gasteiger partial charge in [-0.25, -0.2) is 4.39 Å². The van der Waals surface area contributed by atoms with Gasteiger partial charge < -0.3 is 4.74 Å². The van der Waals surface area contributed by atoms with E-state index in [1.54, 1.807) is 12.1 Å². The van der Waals surface area contributed by atoms with Crippen molar-refractivity contribution in [1.29, 1.82) is 0 Å². The van der Waals surface area contributed by atoms with E-state index in [0.717, 1.165) is 9.32 Å². The van der Waals surface area contributed by atoms with E-state index in [1.807, 2.05) is 24.3 Å². The zero-order chi connectivity index (χ0) is 12.3.